The number of benzene rings is 1. The topological polar surface area (TPSA) is 78.0 Å². The van der Waals surface area contributed by atoms with Crippen LogP contribution in [0.2, 0.25) is 10.0 Å². The Bertz CT molecular complexity index is 802. The summed E-state index contributed by atoms with van der Waals surface area (Å²) >= 11 is 12.0. The lowest BCUT2D eigenvalue weighted by molar-refractivity contribution is 0.501. The maximum atomic E-state index is 11.6. The summed E-state index contributed by atoms with van der Waals surface area (Å²) in [4.78, 5) is 0. The molecule has 1 aliphatic heterocycles. The average molecular weight is 346 g/mol. The van der Waals surface area contributed by atoms with Crippen molar-refractivity contribution in [3.63, 3.8) is 0 Å². The van der Waals surface area contributed by atoms with Crippen molar-refractivity contribution >= 4 is 38.7 Å². The standard InChI is InChI=1S/C13H13Cl2N3O2S/c14-8-1-2-10(11(15)5-8)13-12(16)6-18(17-13)9-3-4-21(19,20)7-9/h1-2,5-6,9H,3-4,7,16H2. The normalized spacial score (nSPS) is 20.8. The number of nitrogens with zero attached hydrogens (tertiary/aromatic N) is 2. The lowest BCUT2D eigenvalue weighted by Crippen LogP contribution is -2.11. The third-order valence-corrected chi connectivity index (χ3v) is 5.83. The molecule has 0 aliphatic carbocycles. The number of rotatable bonds is 2. The first-order valence-electron chi connectivity index (χ1n) is 6.36. The fourth-order valence-corrected chi connectivity index (χ4v) is 4.67. The molecule has 1 aromatic heterocycles. The summed E-state index contributed by atoms with van der Waals surface area (Å²) in [6.45, 7) is 0. The van der Waals surface area contributed by atoms with Gasteiger partial charge in [-0.25, -0.2) is 8.42 Å². The Morgan fingerprint density at radius 3 is 2.71 bits per heavy atom. The maximum absolute atomic E-state index is 11.6. The van der Waals surface area contributed by atoms with Crippen LogP contribution in [0.4, 0.5) is 5.69 Å². The summed E-state index contributed by atoms with van der Waals surface area (Å²) in [5.41, 5.74) is 7.67. The van der Waals surface area contributed by atoms with Crippen LogP contribution < -0.4 is 5.73 Å². The zero-order chi connectivity index (χ0) is 15.2. The van der Waals surface area contributed by atoms with Crippen LogP contribution >= 0.6 is 23.2 Å². The van der Waals surface area contributed by atoms with Crippen LogP contribution in [0.15, 0.2) is 24.4 Å². The molecule has 2 aromatic rings. The summed E-state index contributed by atoms with van der Waals surface area (Å²) in [5, 5.41) is 5.41. The Morgan fingerprint density at radius 1 is 1.33 bits per heavy atom. The van der Waals surface area contributed by atoms with Crippen molar-refractivity contribution in [2.45, 2.75) is 12.5 Å². The van der Waals surface area contributed by atoms with Crippen LogP contribution in [0.3, 0.4) is 0 Å². The third-order valence-electron chi connectivity index (χ3n) is 3.53. The fourth-order valence-electron chi connectivity index (χ4n) is 2.47. The SMILES string of the molecule is Nc1cn(C2CCS(=O)(=O)C2)nc1-c1ccc(Cl)cc1Cl. The van der Waals surface area contributed by atoms with Gasteiger partial charge in [-0.2, -0.15) is 5.10 Å². The number of halogens is 2. The highest BCUT2D eigenvalue weighted by Crippen LogP contribution is 2.34. The van der Waals surface area contributed by atoms with Gasteiger partial charge in [-0.15, -0.1) is 0 Å². The van der Waals surface area contributed by atoms with E-state index in [0.717, 1.165) is 0 Å². The molecule has 0 bridgehead atoms. The summed E-state index contributed by atoms with van der Waals surface area (Å²) in [6, 6.07) is 4.91. The molecule has 8 heteroatoms. The molecule has 21 heavy (non-hydrogen) atoms. The van der Waals surface area contributed by atoms with Crippen molar-refractivity contribution in [1.29, 1.82) is 0 Å². The first-order valence-corrected chi connectivity index (χ1v) is 8.94. The van der Waals surface area contributed by atoms with Gasteiger partial charge >= 0.3 is 0 Å². The highest BCUT2D eigenvalue weighted by Gasteiger charge is 2.30. The molecule has 2 N–H and O–H groups in total. The first kappa shape index (κ1) is 14.7. The fraction of sp³-hybridized carbons (Fsp3) is 0.308. The monoisotopic (exact) mass is 345 g/mol. The lowest BCUT2D eigenvalue weighted by atomic mass is 10.1. The molecule has 1 aliphatic rings. The number of anilines is 1. The van der Waals surface area contributed by atoms with Crippen LogP contribution in [0, 0.1) is 0 Å². The van der Waals surface area contributed by atoms with Crippen LogP contribution in [-0.2, 0) is 9.84 Å². The van der Waals surface area contributed by atoms with Crippen molar-refractivity contribution < 1.29 is 8.42 Å². The van der Waals surface area contributed by atoms with Gasteiger partial charge in [0.15, 0.2) is 9.84 Å². The first-order chi connectivity index (χ1) is 9.85. The van der Waals surface area contributed by atoms with Crippen molar-refractivity contribution in [2.75, 3.05) is 17.2 Å². The van der Waals surface area contributed by atoms with Crippen molar-refractivity contribution in [3.8, 4) is 11.3 Å². The minimum absolute atomic E-state index is 0.0991. The number of hydrogen-bond donors (Lipinski definition) is 1. The number of hydrogen-bond acceptors (Lipinski definition) is 4. The Labute approximate surface area is 132 Å². The summed E-state index contributed by atoms with van der Waals surface area (Å²) in [6.07, 6.45) is 2.21. The molecular weight excluding hydrogens is 333 g/mol. The predicted molar refractivity (Wildman–Crippen MR) is 84.4 cm³/mol. The zero-order valence-corrected chi connectivity index (χ0v) is 13.3. The van der Waals surface area contributed by atoms with Crippen LogP contribution in [-0.4, -0.2) is 29.7 Å². The van der Waals surface area contributed by atoms with Gasteiger partial charge in [0.25, 0.3) is 0 Å². The van der Waals surface area contributed by atoms with Gasteiger partial charge in [0.2, 0.25) is 0 Å². The molecule has 1 aromatic carbocycles. The summed E-state index contributed by atoms with van der Waals surface area (Å²) in [5.74, 6) is 0.288. The minimum Gasteiger partial charge on any atom is -0.396 e. The van der Waals surface area contributed by atoms with Gasteiger partial charge in [0.05, 0.1) is 28.3 Å². The third kappa shape index (κ3) is 2.88. The predicted octanol–water partition coefficient (Wildman–Crippen LogP) is 2.80. The second-order valence-electron chi connectivity index (χ2n) is 5.09. The molecule has 1 atom stereocenters. The van der Waals surface area contributed by atoms with E-state index in [1.54, 1.807) is 29.1 Å². The van der Waals surface area contributed by atoms with E-state index in [1.807, 2.05) is 0 Å². The van der Waals surface area contributed by atoms with Gasteiger partial charge in [0, 0.05) is 16.8 Å². The number of nitrogen functional groups attached to an aromatic ring is 1. The molecule has 1 unspecified atom stereocenters. The van der Waals surface area contributed by atoms with Gasteiger partial charge in [-0.3, -0.25) is 4.68 Å². The molecule has 2 heterocycles. The summed E-state index contributed by atoms with van der Waals surface area (Å²) in [7, 11) is -2.97. The molecular formula is C13H13Cl2N3O2S. The second-order valence-corrected chi connectivity index (χ2v) is 8.17. The molecule has 5 nitrogen and oxygen atoms in total. The number of sulfone groups is 1. The molecule has 1 fully saturated rings. The van der Waals surface area contributed by atoms with E-state index >= 15 is 0 Å². The lowest BCUT2D eigenvalue weighted by Gasteiger charge is -2.07. The highest BCUT2D eigenvalue weighted by molar-refractivity contribution is 7.91. The number of aromatic nitrogens is 2. The highest BCUT2D eigenvalue weighted by atomic mass is 35.5. The van der Waals surface area contributed by atoms with E-state index < -0.39 is 9.84 Å². The van der Waals surface area contributed by atoms with Crippen LogP contribution in [0.1, 0.15) is 12.5 Å². The second kappa shape index (κ2) is 5.19. The molecule has 0 amide bonds. The zero-order valence-electron chi connectivity index (χ0n) is 11.0. The van der Waals surface area contributed by atoms with E-state index in [1.165, 1.54) is 0 Å². The van der Waals surface area contributed by atoms with E-state index in [9.17, 15) is 8.42 Å². The van der Waals surface area contributed by atoms with E-state index in [-0.39, 0.29) is 17.5 Å². The largest absolute Gasteiger partial charge is 0.396 e. The minimum atomic E-state index is -2.97. The molecule has 112 valence electrons. The molecule has 0 radical (unpaired) electrons. The Hall–Kier alpha value is -1.24. The van der Waals surface area contributed by atoms with Gasteiger partial charge < -0.3 is 5.73 Å². The van der Waals surface area contributed by atoms with Crippen LogP contribution in [0.25, 0.3) is 11.3 Å². The van der Waals surface area contributed by atoms with Crippen LogP contribution in [0.5, 0.6) is 0 Å². The van der Waals surface area contributed by atoms with Crippen molar-refractivity contribution in [3.05, 3.63) is 34.4 Å². The van der Waals surface area contributed by atoms with E-state index in [4.69, 9.17) is 28.9 Å². The molecule has 0 spiro atoms. The van der Waals surface area contributed by atoms with Gasteiger partial charge in [0.1, 0.15) is 5.69 Å². The van der Waals surface area contributed by atoms with Crippen molar-refractivity contribution in [1.82, 2.24) is 9.78 Å². The Morgan fingerprint density at radius 2 is 2.10 bits per heavy atom. The Balaban J connectivity index is 1.99. The molecule has 0 saturated carbocycles. The smallest absolute Gasteiger partial charge is 0.152 e. The summed E-state index contributed by atoms with van der Waals surface area (Å²) < 4.78 is 24.7. The van der Waals surface area contributed by atoms with Crippen molar-refractivity contribution in [2.24, 2.45) is 0 Å². The Kier molecular flexibility index (Phi) is 3.63. The average Bonchev–Trinajstić information content (AvgIpc) is 2.93. The van der Waals surface area contributed by atoms with E-state index in [0.29, 0.717) is 33.4 Å². The quantitative estimate of drug-likeness (QED) is 0.907. The van der Waals surface area contributed by atoms with Gasteiger partial charge in [-0.1, -0.05) is 23.2 Å². The maximum Gasteiger partial charge on any atom is 0.152 e. The van der Waals surface area contributed by atoms with Gasteiger partial charge in [-0.05, 0) is 24.6 Å². The molecule has 1 saturated heterocycles. The van der Waals surface area contributed by atoms with E-state index in [2.05, 4.69) is 5.10 Å². The number of nitrogens with two attached hydrogens (primary N) is 1. The molecule has 3 rings (SSSR count).